The van der Waals surface area contributed by atoms with Crippen molar-refractivity contribution in [2.24, 2.45) is 0 Å². The van der Waals surface area contributed by atoms with E-state index in [1.54, 1.807) is 18.7 Å². The minimum absolute atomic E-state index is 0.126. The summed E-state index contributed by atoms with van der Waals surface area (Å²) < 4.78 is 26.5. The molecule has 0 saturated heterocycles. The fraction of sp³-hybridized carbons (Fsp3) is 0.700. The Morgan fingerprint density at radius 1 is 1.50 bits per heavy atom. The fourth-order valence-corrected chi connectivity index (χ4v) is 2.95. The quantitative estimate of drug-likeness (QED) is 0.715. The van der Waals surface area contributed by atoms with Crippen LogP contribution in [-0.4, -0.2) is 41.3 Å². The lowest BCUT2D eigenvalue weighted by molar-refractivity contribution is 0.277. The van der Waals surface area contributed by atoms with Crippen LogP contribution >= 0.6 is 11.8 Å². The van der Waals surface area contributed by atoms with Gasteiger partial charge in [-0.3, -0.25) is 5.10 Å². The van der Waals surface area contributed by atoms with Crippen LogP contribution in [0.3, 0.4) is 0 Å². The first-order valence-corrected chi connectivity index (χ1v) is 8.14. The summed E-state index contributed by atoms with van der Waals surface area (Å²) in [7, 11) is -3.69. The molecule has 0 saturated carbocycles. The molecule has 0 aliphatic heterocycles. The van der Waals surface area contributed by atoms with Crippen molar-refractivity contribution in [2.45, 2.75) is 37.2 Å². The average Bonchev–Trinajstić information content (AvgIpc) is 2.69. The third-order valence-corrected chi connectivity index (χ3v) is 5.31. The van der Waals surface area contributed by atoms with Crippen LogP contribution in [0.25, 0.3) is 0 Å². The van der Waals surface area contributed by atoms with Gasteiger partial charge >= 0.3 is 0 Å². The number of hydrogen-bond donors (Lipinski definition) is 3. The average molecular weight is 293 g/mol. The topological polar surface area (TPSA) is 95.1 Å². The van der Waals surface area contributed by atoms with Crippen molar-refractivity contribution in [1.82, 2.24) is 14.9 Å². The second-order valence-electron chi connectivity index (χ2n) is 4.58. The van der Waals surface area contributed by atoms with Crippen molar-refractivity contribution in [3.63, 3.8) is 0 Å². The van der Waals surface area contributed by atoms with Gasteiger partial charge < -0.3 is 5.11 Å². The molecule has 1 heterocycles. The molecule has 0 aromatic carbocycles. The maximum Gasteiger partial charge on any atom is 0.260 e. The van der Waals surface area contributed by atoms with E-state index in [1.807, 2.05) is 20.1 Å². The highest BCUT2D eigenvalue weighted by Gasteiger charge is 2.26. The van der Waals surface area contributed by atoms with Gasteiger partial charge in [-0.2, -0.15) is 16.9 Å². The van der Waals surface area contributed by atoms with Gasteiger partial charge in [0.1, 0.15) is 0 Å². The summed E-state index contributed by atoms with van der Waals surface area (Å²) in [6.45, 7) is 5.51. The van der Waals surface area contributed by atoms with Crippen LogP contribution in [0, 0.1) is 6.92 Å². The van der Waals surface area contributed by atoms with Crippen LogP contribution in [0.1, 0.15) is 25.1 Å². The predicted molar refractivity (Wildman–Crippen MR) is 72.0 cm³/mol. The normalized spacial score (nSPS) is 12.9. The van der Waals surface area contributed by atoms with E-state index in [-0.39, 0.29) is 16.4 Å². The molecule has 8 heteroatoms. The van der Waals surface area contributed by atoms with E-state index in [9.17, 15) is 8.42 Å². The summed E-state index contributed by atoms with van der Waals surface area (Å²) >= 11 is 1.57. The Morgan fingerprint density at radius 3 is 2.61 bits per heavy atom. The van der Waals surface area contributed by atoms with E-state index in [1.165, 1.54) is 0 Å². The maximum absolute atomic E-state index is 12.1. The summed E-state index contributed by atoms with van der Waals surface area (Å²) in [5, 5.41) is 15.4. The molecular weight excluding hydrogens is 274 g/mol. The number of thioether (sulfide) groups is 1. The van der Waals surface area contributed by atoms with Crippen LogP contribution < -0.4 is 4.72 Å². The number of rotatable bonds is 6. The number of aromatic nitrogens is 2. The molecule has 1 aromatic rings. The summed E-state index contributed by atoms with van der Waals surface area (Å²) in [6.07, 6.45) is 1.92. The first-order chi connectivity index (χ1) is 8.23. The van der Waals surface area contributed by atoms with Crippen LogP contribution in [0.5, 0.6) is 0 Å². The number of sulfonamides is 1. The molecule has 18 heavy (non-hydrogen) atoms. The molecule has 0 fully saturated rings. The molecule has 1 rings (SSSR count). The molecule has 0 bridgehead atoms. The summed E-state index contributed by atoms with van der Waals surface area (Å²) in [5.41, 5.74) is 0.867. The number of aliphatic hydroxyl groups excluding tert-OH is 1. The van der Waals surface area contributed by atoms with E-state index in [2.05, 4.69) is 14.9 Å². The monoisotopic (exact) mass is 293 g/mol. The van der Waals surface area contributed by atoms with Gasteiger partial charge in [-0.25, -0.2) is 13.1 Å². The maximum atomic E-state index is 12.1. The molecule has 0 amide bonds. The van der Waals surface area contributed by atoms with Crippen LogP contribution in [0.15, 0.2) is 5.03 Å². The first kappa shape index (κ1) is 15.5. The van der Waals surface area contributed by atoms with E-state index >= 15 is 0 Å². The Hall–Kier alpha value is -0.570. The molecule has 0 radical (unpaired) electrons. The van der Waals surface area contributed by atoms with E-state index in [0.717, 1.165) is 0 Å². The molecule has 0 unspecified atom stereocenters. The number of nitrogens with one attached hydrogen (secondary N) is 2. The highest BCUT2D eigenvalue weighted by Crippen LogP contribution is 2.21. The predicted octanol–water partition coefficient (Wildman–Crippen LogP) is 0.630. The van der Waals surface area contributed by atoms with Crippen molar-refractivity contribution in [3.05, 3.63) is 11.3 Å². The van der Waals surface area contributed by atoms with Crippen molar-refractivity contribution in [2.75, 3.05) is 12.8 Å². The largest absolute Gasteiger partial charge is 0.392 e. The number of aliphatic hydroxyl groups is 1. The Bertz CT molecular complexity index is 508. The van der Waals surface area contributed by atoms with Gasteiger partial charge in [-0.1, -0.05) is 0 Å². The zero-order valence-electron chi connectivity index (χ0n) is 10.9. The van der Waals surface area contributed by atoms with Gasteiger partial charge in [0.2, 0.25) is 0 Å². The fourth-order valence-electron chi connectivity index (χ4n) is 1.25. The standard InChI is InChI=1S/C10H19N3O3S2/c1-7-8(5-14)9(13-12-7)18(15,16)11-6-10(2,3)17-4/h11,14H,5-6H2,1-4H3,(H,12,13). The number of H-pyrrole nitrogens is 1. The number of hydrogen-bond acceptors (Lipinski definition) is 5. The third kappa shape index (κ3) is 3.47. The zero-order valence-corrected chi connectivity index (χ0v) is 12.6. The van der Waals surface area contributed by atoms with Crippen LogP contribution in [0.2, 0.25) is 0 Å². The molecule has 0 aliphatic rings. The lowest BCUT2D eigenvalue weighted by atomic mass is 10.2. The molecule has 0 spiro atoms. The molecule has 3 N–H and O–H groups in total. The summed E-state index contributed by atoms with van der Waals surface area (Å²) in [4.78, 5) is 0. The molecule has 6 nitrogen and oxygen atoms in total. The Kier molecular flexibility index (Phi) is 4.82. The lowest BCUT2D eigenvalue weighted by Gasteiger charge is -2.21. The van der Waals surface area contributed by atoms with Gasteiger partial charge in [-0.15, -0.1) is 0 Å². The summed E-state index contributed by atoms with van der Waals surface area (Å²) in [5.74, 6) is 0. The number of aromatic amines is 1. The minimum Gasteiger partial charge on any atom is -0.392 e. The first-order valence-electron chi connectivity index (χ1n) is 5.43. The smallest absolute Gasteiger partial charge is 0.260 e. The Balaban J connectivity index is 2.94. The van der Waals surface area contributed by atoms with E-state index in [0.29, 0.717) is 17.8 Å². The second kappa shape index (κ2) is 5.60. The zero-order chi connectivity index (χ0) is 14.0. The molecule has 1 aromatic heterocycles. The van der Waals surface area contributed by atoms with Crippen molar-refractivity contribution in [1.29, 1.82) is 0 Å². The Morgan fingerprint density at radius 2 is 2.11 bits per heavy atom. The van der Waals surface area contributed by atoms with E-state index < -0.39 is 10.0 Å². The highest BCUT2D eigenvalue weighted by atomic mass is 32.2. The van der Waals surface area contributed by atoms with Crippen LogP contribution in [0.4, 0.5) is 0 Å². The highest BCUT2D eigenvalue weighted by molar-refractivity contribution is 8.00. The summed E-state index contributed by atoms with van der Waals surface area (Å²) in [6, 6.07) is 0. The van der Waals surface area contributed by atoms with Gasteiger partial charge in [0.25, 0.3) is 10.0 Å². The lowest BCUT2D eigenvalue weighted by Crippen LogP contribution is -2.36. The van der Waals surface area contributed by atoms with Gasteiger partial charge in [-0.05, 0) is 27.0 Å². The molecule has 0 aliphatic carbocycles. The molecule has 0 atom stereocenters. The van der Waals surface area contributed by atoms with Gasteiger partial charge in [0, 0.05) is 22.5 Å². The minimum atomic E-state index is -3.69. The SMILES string of the molecule is CSC(C)(C)CNS(=O)(=O)c1n[nH]c(C)c1CO. The number of nitrogens with zero attached hydrogens (tertiary/aromatic N) is 1. The number of aryl methyl sites for hydroxylation is 1. The van der Waals surface area contributed by atoms with Crippen LogP contribution in [-0.2, 0) is 16.6 Å². The van der Waals surface area contributed by atoms with E-state index in [4.69, 9.17) is 5.11 Å². The van der Waals surface area contributed by atoms with Crippen molar-refractivity contribution < 1.29 is 13.5 Å². The van der Waals surface area contributed by atoms with Crippen molar-refractivity contribution >= 4 is 21.8 Å². The second-order valence-corrected chi connectivity index (χ2v) is 7.77. The van der Waals surface area contributed by atoms with Gasteiger partial charge in [0.15, 0.2) is 5.03 Å². The van der Waals surface area contributed by atoms with Gasteiger partial charge in [0.05, 0.1) is 6.61 Å². The molecular formula is C10H19N3O3S2. The Labute approximate surface area is 112 Å². The third-order valence-electron chi connectivity index (χ3n) is 2.69. The molecule has 104 valence electrons. The van der Waals surface area contributed by atoms with Crippen molar-refractivity contribution in [3.8, 4) is 0 Å².